The fraction of sp³-hybridized carbons (Fsp3) is 0.238. The van der Waals surface area contributed by atoms with Crippen molar-refractivity contribution in [3.63, 3.8) is 0 Å². The number of nitrogens with zero attached hydrogens (tertiary/aromatic N) is 3. The summed E-state index contributed by atoms with van der Waals surface area (Å²) >= 11 is 13.1. The minimum absolute atomic E-state index is 0.0681. The van der Waals surface area contributed by atoms with E-state index in [2.05, 4.69) is 20.8 Å². The molecule has 11 heteroatoms. The largest absolute Gasteiger partial charge is 0.342 e. The molecule has 0 spiro atoms. The molecular weight excluding hydrogens is 476 g/mol. The van der Waals surface area contributed by atoms with E-state index in [0.29, 0.717) is 38.8 Å². The summed E-state index contributed by atoms with van der Waals surface area (Å²) in [4.78, 5) is 24.8. The third-order valence-electron chi connectivity index (χ3n) is 4.42. The third-order valence-corrected chi connectivity index (χ3v) is 6.12. The average molecular weight is 496 g/mol. The highest BCUT2D eigenvalue weighted by molar-refractivity contribution is 7.99. The lowest BCUT2D eigenvalue weighted by Gasteiger charge is -2.15. The van der Waals surface area contributed by atoms with Gasteiger partial charge in [-0.15, -0.1) is 10.2 Å². The second kappa shape index (κ2) is 10.8. The summed E-state index contributed by atoms with van der Waals surface area (Å²) in [5, 5.41) is 15.0. The number of amides is 2. The van der Waals surface area contributed by atoms with Gasteiger partial charge in [-0.3, -0.25) is 9.59 Å². The molecule has 1 atom stereocenters. The summed E-state index contributed by atoms with van der Waals surface area (Å²) < 4.78 is 15.1. The molecule has 3 rings (SSSR count). The molecule has 3 aromatic rings. The Labute approximate surface area is 198 Å². The predicted octanol–water partition coefficient (Wildman–Crippen LogP) is 4.97. The fourth-order valence-corrected chi connectivity index (χ4v) is 4.01. The molecule has 2 N–H and O–H groups in total. The maximum Gasteiger partial charge on any atom is 0.251 e. The van der Waals surface area contributed by atoms with Crippen LogP contribution in [0.2, 0.25) is 10.0 Å². The van der Waals surface area contributed by atoms with Crippen LogP contribution in [0.25, 0.3) is 0 Å². The number of hydrogen-bond acceptors (Lipinski definition) is 5. The zero-order valence-corrected chi connectivity index (χ0v) is 19.6. The van der Waals surface area contributed by atoms with Gasteiger partial charge in [0.2, 0.25) is 5.91 Å². The number of benzene rings is 2. The molecule has 2 amide bonds. The molecule has 1 heterocycles. The van der Waals surface area contributed by atoms with Crippen LogP contribution in [-0.2, 0) is 11.3 Å². The molecule has 0 unspecified atom stereocenters. The Bertz CT molecular complexity index is 1140. The highest BCUT2D eigenvalue weighted by Gasteiger charge is 2.20. The number of anilines is 1. The van der Waals surface area contributed by atoms with Crippen LogP contribution in [0.5, 0.6) is 0 Å². The molecule has 0 saturated carbocycles. The number of aromatic nitrogens is 3. The van der Waals surface area contributed by atoms with Gasteiger partial charge >= 0.3 is 0 Å². The van der Waals surface area contributed by atoms with E-state index < -0.39 is 11.9 Å². The van der Waals surface area contributed by atoms with Crippen LogP contribution < -0.4 is 10.6 Å². The van der Waals surface area contributed by atoms with E-state index in [-0.39, 0.29) is 17.6 Å². The smallest absolute Gasteiger partial charge is 0.251 e. The second-order valence-electron chi connectivity index (χ2n) is 6.76. The number of halogens is 3. The Morgan fingerprint density at radius 1 is 1.16 bits per heavy atom. The van der Waals surface area contributed by atoms with Crippen LogP contribution in [0.1, 0.15) is 36.1 Å². The van der Waals surface area contributed by atoms with Crippen LogP contribution in [0.4, 0.5) is 10.1 Å². The number of carbonyl (C=O) groups is 2. The van der Waals surface area contributed by atoms with Gasteiger partial charge in [0.25, 0.3) is 5.91 Å². The van der Waals surface area contributed by atoms with Crippen molar-refractivity contribution in [2.24, 2.45) is 0 Å². The number of nitrogens with one attached hydrogen (secondary N) is 2. The molecule has 1 aromatic heterocycles. The zero-order chi connectivity index (χ0) is 23.3. The number of thioether (sulfide) groups is 1. The molecule has 168 valence electrons. The number of rotatable bonds is 8. The van der Waals surface area contributed by atoms with Gasteiger partial charge in [-0.05, 0) is 50.2 Å². The van der Waals surface area contributed by atoms with Crippen molar-refractivity contribution >= 4 is 52.5 Å². The third kappa shape index (κ3) is 5.99. The van der Waals surface area contributed by atoms with Gasteiger partial charge in [-0.25, -0.2) is 4.39 Å². The monoisotopic (exact) mass is 495 g/mol. The van der Waals surface area contributed by atoms with E-state index >= 15 is 0 Å². The van der Waals surface area contributed by atoms with Crippen LogP contribution in [0.15, 0.2) is 47.6 Å². The van der Waals surface area contributed by atoms with Crippen LogP contribution in [0.3, 0.4) is 0 Å². The minimum Gasteiger partial charge on any atom is -0.342 e. The fourth-order valence-electron chi connectivity index (χ4n) is 2.90. The van der Waals surface area contributed by atoms with Crippen molar-refractivity contribution in [1.29, 1.82) is 0 Å². The van der Waals surface area contributed by atoms with E-state index in [9.17, 15) is 14.0 Å². The first-order valence-corrected chi connectivity index (χ1v) is 11.4. The van der Waals surface area contributed by atoms with Crippen LogP contribution in [-0.4, -0.2) is 32.3 Å². The predicted molar refractivity (Wildman–Crippen MR) is 124 cm³/mol. The Morgan fingerprint density at radius 2 is 1.94 bits per heavy atom. The van der Waals surface area contributed by atoms with Crippen molar-refractivity contribution in [3.05, 3.63) is 69.7 Å². The molecule has 7 nitrogen and oxygen atoms in total. The van der Waals surface area contributed by atoms with Crippen molar-refractivity contribution in [2.75, 3.05) is 11.1 Å². The zero-order valence-electron chi connectivity index (χ0n) is 17.2. The molecule has 0 saturated heterocycles. The quantitative estimate of drug-likeness (QED) is 0.430. The van der Waals surface area contributed by atoms with Gasteiger partial charge in [-0.2, -0.15) is 0 Å². The lowest BCUT2D eigenvalue weighted by atomic mass is 10.2. The van der Waals surface area contributed by atoms with Gasteiger partial charge in [0.1, 0.15) is 5.82 Å². The summed E-state index contributed by atoms with van der Waals surface area (Å²) in [7, 11) is 0. The van der Waals surface area contributed by atoms with Gasteiger partial charge < -0.3 is 15.2 Å². The molecule has 0 fully saturated rings. The first-order valence-electron chi connectivity index (χ1n) is 9.65. The SMILES string of the molecule is CCn1c(SCC(=O)Nc2cccc(F)c2)nnc1[C@H](C)NC(=O)c1ccc(Cl)c(Cl)c1. The van der Waals surface area contributed by atoms with Gasteiger partial charge in [0, 0.05) is 17.8 Å². The van der Waals surface area contributed by atoms with E-state index in [0.717, 1.165) is 0 Å². The van der Waals surface area contributed by atoms with Crippen molar-refractivity contribution in [2.45, 2.75) is 31.6 Å². The van der Waals surface area contributed by atoms with Gasteiger partial charge in [0.15, 0.2) is 11.0 Å². The number of hydrogen-bond donors (Lipinski definition) is 2. The van der Waals surface area contributed by atoms with Gasteiger partial charge in [-0.1, -0.05) is 41.0 Å². The molecule has 32 heavy (non-hydrogen) atoms. The Kier molecular flexibility index (Phi) is 8.11. The Balaban J connectivity index is 1.63. The first kappa shape index (κ1) is 24.0. The molecule has 0 radical (unpaired) electrons. The molecular formula is C21H20Cl2FN5O2S. The Morgan fingerprint density at radius 3 is 2.62 bits per heavy atom. The van der Waals surface area contributed by atoms with E-state index in [1.165, 1.54) is 36.0 Å². The molecule has 0 bridgehead atoms. The normalized spacial score (nSPS) is 11.8. The summed E-state index contributed by atoms with van der Waals surface area (Å²) in [6.45, 7) is 4.25. The molecule has 0 aliphatic heterocycles. The molecule has 2 aromatic carbocycles. The summed E-state index contributed by atoms with van der Waals surface area (Å²) in [6, 6.07) is 9.86. The van der Waals surface area contributed by atoms with Crippen LogP contribution >= 0.6 is 35.0 Å². The lowest BCUT2D eigenvalue weighted by molar-refractivity contribution is -0.113. The number of carbonyl (C=O) groups excluding carboxylic acids is 2. The van der Waals surface area contributed by atoms with Crippen LogP contribution in [0, 0.1) is 5.82 Å². The van der Waals surface area contributed by atoms with E-state index in [1.54, 1.807) is 25.1 Å². The Hall–Kier alpha value is -2.62. The first-order chi connectivity index (χ1) is 15.3. The standard InChI is InChI=1S/C21H20Cl2FN5O2S/c1-3-29-19(12(2)25-20(31)13-7-8-16(22)17(23)9-13)27-28-21(29)32-11-18(30)26-15-6-4-5-14(24)10-15/h4-10,12H,3,11H2,1-2H3,(H,25,31)(H,26,30)/t12-/m0/s1. The minimum atomic E-state index is -0.445. The van der Waals surface area contributed by atoms with Crippen molar-refractivity contribution in [3.8, 4) is 0 Å². The maximum atomic E-state index is 13.3. The summed E-state index contributed by atoms with van der Waals surface area (Å²) in [6.07, 6.45) is 0. The molecule has 0 aliphatic carbocycles. The maximum absolute atomic E-state index is 13.3. The topological polar surface area (TPSA) is 88.9 Å². The van der Waals surface area contributed by atoms with E-state index in [4.69, 9.17) is 23.2 Å². The average Bonchev–Trinajstić information content (AvgIpc) is 3.17. The summed E-state index contributed by atoms with van der Waals surface area (Å²) in [5.74, 6) is -0.436. The van der Waals surface area contributed by atoms with Crippen molar-refractivity contribution < 1.29 is 14.0 Å². The second-order valence-corrected chi connectivity index (χ2v) is 8.51. The summed E-state index contributed by atoms with van der Waals surface area (Å²) in [5.41, 5.74) is 0.754. The van der Waals surface area contributed by atoms with Crippen molar-refractivity contribution in [1.82, 2.24) is 20.1 Å². The van der Waals surface area contributed by atoms with Gasteiger partial charge in [0.05, 0.1) is 21.8 Å². The highest BCUT2D eigenvalue weighted by Crippen LogP contribution is 2.24. The lowest BCUT2D eigenvalue weighted by Crippen LogP contribution is -2.28. The highest BCUT2D eigenvalue weighted by atomic mass is 35.5. The van der Waals surface area contributed by atoms with E-state index in [1.807, 2.05) is 11.5 Å². The molecule has 0 aliphatic rings.